The van der Waals surface area contributed by atoms with Crippen molar-refractivity contribution in [3.8, 4) is 11.4 Å². The molecule has 8 nitrogen and oxygen atoms in total. The molecule has 2 N–H and O–H groups in total. The smallest absolute Gasteiger partial charge is 0.234 e. The molecule has 0 saturated heterocycles. The molecule has 2 heterocycles. The summed E-state index contributed by atoms with van der Waals surface area (Å²) >= 11 is 1.34. The molecule has 1 amide bonds. The first-order valence-corrected chi connectivity index (χ1v) is 11.6. The van der Waals surface area contributed by atoms with Gasteiger partial charge in [0, 0.05) is 17.7 Å². The SMILES string of the molecule is COc1cccc(-n2c(C)nnc2SCC(=O)Nc2ccc3nc(C4CCC4)[nH]c3c2)c1. The topological polar surface area (TPSA) is 97.7 Å². The Kier molecular flexibility index (Phi) is 5.57. The lowest BCUT2D eigenvalue weighted by Gasteiger charge is -2.22. The molecule has 164 valence electrons. The predicted octanol–water partition coefficient (Wildman–Crippen LogP) is 4.46. The summed E-state index contributed by atoms with van der Waals surface area (Å²) in [7, 11) is 1.63. The second kappa shape index (κ2) is 8.66. The first-order chi connectivity index (χ1) is 15.6. The van der Waals surface area contributed by atoms with E-state index in [9.17, 15) is 4.79 Å². The number of H-pyrrole nitrogens is 1. The quantitative estimate of drug-likeness (QED) is 0.405. The minimum absolute atomic E-state index is 0.106. The average molecular weight is 449 g/mol. The number of nitrogens with one attached hydrogen (secondary N) is 2. The second-order valence-electron chi connectivity index (χ2n) is 7.89. The fourth-order valence-electron chi connectivity index (χ4n) is 3.79. The average Bonchev–Trinajstić information content (AvgIpc) is 3.33. The Morgan fingerprint density at radius 3 is 2.91 bits per heavy atom. The Labute approximate surface area is 189 Å². The van der Waals surface area contributed by atoms with Crippen molar-refractivity contribution in [3.05, 3.63) is 54.1 Å². The Bertz CT molecular complexity index is 1280. The van der Waals surface area contributed by atoms with Crippen LogP contribution in [0.4, 0.5) is 5.69 Å². The van der Waals surface area contributed by atoms with Crippen LogP contribution in [0.15, 0.2) is 47.6 Å². The number of thioether (sulfide) groups is 1. The summed E-state index contributed by atoms with van der Waals surface area (Å²) in [4.78, 5) is 20.7. The predicted molar refractivity (Wildman–Crippen MR) is 125 cm³/mol. The van der Waals surface area contributed by atoms with Crippen LogP contribution in [0.1, 0.15) is 36.8 Å². The lowest BCUT2D eigenvalue weighted by Crippen LogP contribution is -2.14. The molecule has 1 aliphatic rings. The van der Waals surface area contributed by atoms with E-state index < -0.39 is 0 Å². The van der Waals surface area contributed by atoms with Crippen LogP contribution in [-0.4, -0.2) is 43.5 Å². The molecule has 4 aromatic rings. The normalized spacial score (nSPS) is 13.8. The first-order valence-electron chi connectivity index (χ1n) is 10.6. The number of imidazole rings is 1. The summed E-state index contributed by atoms with van der Waals surface area (Å²) in [6.07, 6.45) is 3.66. The summed E-state index contributed by atoms with van der Waals surface area (Å²) in [6, 6.07) is 13.4. The summed E-state index contributed by atoms with van der Waals surface area (Å²) in [6.45, 7) is 1.88. The van der Waals surface area contributed by atoms with Crippen molar-refractivity contribution in [1.29, 1.82) is 0 Å². The number of fused-ring (bicyclic) bond motifs is 1. The molecule has 0 bridgehead atoms. The number of hydrogen-bond acceptors (Lipinski definition) is 6. The van der Waals surface area contributed by atoms with Gasteiger partial charge >= 0.3 is 0 Å². The van der Waals surface area contributed by atoms with Crippen molar-refractivity contribution >= 4 is 34.4 Å². The molecule has 1 aliphatic carbocycles. The number of ether oxygens (including phenoxy) is 1. The zero-order valence-corrected chi connectivity index (χ0v) is 18.8. The Morgan fingerprint density at radius 2 is 2.12 bits per heavy atom. The van der Waals surface area contributed by atoms with Gasteiger partial charge in [-0.1, -0.05) is 24.2 Å². The Morgan fingerprint density at radius 1 is 1.25 bits per heavy atom. The zero-order valence-electron chi connectivity index (χ0n) is 18.0. The van der Waals surface area contributed by atoms with E-state index in [1.165, 1.54) is 31.0 Å². The maximum absolute atomic E-state index is 12.6. The lowest BCUT2D eigenvalue weighted by atomic mass is 9.85. The first kappa shape index (κ1) is 20.6. The van der Waals surface area contributed by atoms with Crippen molar-refractivity contribution in [2.75, 3.05) is 18.2 Å². The molecule has 2 aromatic carbocycles. The third-order valence-corrected chi connectivity index (χ3v) is 6.64. The lowest BCUT2D eigenvalue weighted by molar-refractivity contribution is -0.113. The van der Waals surface area contributed by atoms with Gasteiger partial charge in [-0.15, -0.1) is 10.2 Å². The highest BCUT2D eigenvalue weighted by Crippen LogP contribution is 2.35. The Balaban J connectivity index is 1.26. The van der Waals surface area contributed by atoms with Gasteiger partial charge in [0.15, 0.2) is 5.16 Å². The highest BCUT2D eigenvalue weighted by atomic mass is 32.2. The number of hydrogen-bond donors (Lipinski definition) is 2. The molecule has 0 atom stereocenters. The third kappa shape index (κ3) is 4.08. The highest BCUT2D eigenvalue weighted by molar-refractivity contribution is 7.99. The summed E-state index contributed by atoms with van der Waals surface area (Å²) < 4.78 is 7.24. The fraction of sp³-hybridized carbons (Fsp3) is 0.304. The number of carbonyl (C=O) groups is 1. The molecule has 0 spiro atoms. The van der Waals surface area contributed by atoms with Gasteiger partial charge < -0.3 is 15.0 Å². The van der Waals surface area contributed by atoms with Crippen LogP contribution in [0.3, 0.4) is 0 Å². The summed E-state index contributed by atoms with van der Waals surface area (Å²) in [5.74, 6) is 3.20. The van der Waals surface area contributed by atoms with E-state index in [0.29, 0.717) is 11.1 Å². The molecule has 1 saturated carbocycles. The number of nitrogens with zero attached hydrogens (tertiary/aromatic N) is 4. The number of amides is 1. The molecule has 0 unspecified atom stereocenters. The van der Waals surface area contributed by atoms with Gasteiger partial charge in [-0.3, -0.25) is 9.36 Å². The van der Waals surface area contributed by atoms with E-state index in [4.69, 9.17) is 4.74 Å². The van der Waals surface area contributed by atoms with E-state index in [-0.39, 0.29) is 11.7 Å². The van der Waals surface area contributed by atoms with Gasteiger partial charge in [-0.05, 0) is 50.1 Å². The van der Waals surface area contributed by atoms with E-state index in [2.05, 4.69) is 25.5 Å². The molecule has 2 aromatic heterocycles. The number of benzene rings is 2. The van der Waals surface area contributed by atoms with Crippen LogP contribution < -0.4 is 10.1 Å². The van der Waals surface area contributed by atoms with Gasteiger partial charge in [0.2, 0.25) is 5.91 Å². The van der Waals surface area contributed by atoms with Crippen LogP contribution >= 0.6 is 11.8 Å². The minimum Gasteiger partial charge on any atom is -0.497 e. The Hall–Kier alpha value is -3.33. The van der Waals surface area contributed by atoms with Crippen molar-refractivity contribution < 1.29 is 9.53 Å². The van der Waals surface area contributed by atoms with E-state index in [1.54, 1.807) is 7.11 Å². The number of carbonyl (C=O) groups excluding carboxylic acids is 1. The third-order valence-electron chi connectivity index (χ3n) is 5.71. The molecular weight excluding hydrogens is 424 g/mol. The van der Waals surface area contributed by atoms with Crippen LogP contribution in [-0.2, 0) is 4.79 Å². The number of methoxy groups -OCH3 is 1. The van der Waals surface area contributed by atoms with Gasteiger partial charge in [0.1, 0.15) is 17.4 Å². The highest BCUT2D eigenvalue weighted by Gasteiger charge is 2.22. The molecule has 9 heteroatoms. The minimum atomic E-state index is -0.106. The van der Waals surface area contributed by atoms with Crippen LogP contribution in [0, 0.1) is 6.92 Å². The number of anilines is 1. The monoisotopic (exact) mass is 448 g/mol. The van der Waals surface area contributed by atoms with Gasteiger partial charge in [-0.2, -0.15) is 0 Å². The number of aromatic amines is 1. The number of aryl methyl sites for hydroxylation is 1. The van der Waals surface area contributed by atoms with Crippen molar-refractivity contribution in [3.63, 3.8) is 0 Å². The standard InChI is InChI=1S/C23H24N6O2S/c1-14-27-28-23(29(14)17-7-4-8-18(12-17)31-2)32-13-21(30)24-16-9-10-19-20(11-16)26-22(25-19)15-5-3-6-15/h4,7-12,15H,3,5-6,13H2,1-2H3,(H,24,30)(H,25,26). The van der Waals surface area contributed by atoms with Crippen LogP contribution in [0.5, 0.6) is 5.75 Å². The molecule has 32 heavy (non-hydrogen) atoms. The summed E-state index contributed by atoms with van der Waals surface area (Å²) in [5.41, 5.74) is 3.52. The zero-order chi connectivity index (χ0) is 22.1. The van der Waals surface area contributed by atoms with Crippen LogP contribution in [0.25, 0.3) is 16.7 Å². The fourth-order valence-corrected chi connectivity index (χ4v) is 4.59. The number of aromatic nitrogens is 5. The van der Waals surface area contributed by atoms with Crippen molar-refractivity contribution in [1.82, 2.24) is 24.7 Å². The van der Waals surface area contributed by atoms with Gasteiger partial charge in [0.25, 0.3) is 0 Å². The maximum Gasteiger partial charge on any atom is 0.234 e. The van der Waals surface area contributed by atoms with Gasteiger partial charge in [0.05, 0.1) is 29.6 Å². The second-order valence-corrected chi connectivity index (χ2v) is 8.83. The van der Waals surface area contributed by atoms with Crippen molar-refractivity contribution in [2.24, 2.45) is 0 Å². The molecular formula is C23H24N6O2S. The van der Waals surface area contributed by atoms with E-state index >= 15 is 0 Å². The maximum atomic E-state index is 12.6. The van der Waals surface area contributed by atoms with E-state index in [0.717, 1.165) is 39.8 Å². The molecule has 0 radical (unpaired) electrons. The van der Waals surface area contributed by atoms with Crippen LogP contribution in [0.2, 0.25) is 0 Å². The molecule has 1 fully saturated rings. The number of rotatable bonds is 7. The van der Waals surface area contributed by atoms with Crippen molar-refractivity contribution in [2.45, 2.75) is 37.3 Å². The molecule has 0 aliphatic heterocycles. The molecule has 5 rings (SSSR count). The largest absolute Gasteiger partial charge is 0.497 e. The van der Waals surface area contributed by atoms with Gasteiger partial charge in [-0.25, -0.2) is 4.98 Å². The van der Waals surface area contributed by atoms with E-state index in [1.807, 2.05) is 54.0 Å². The summed E-state index contributed by atoms with van der Waals surface area (Å²) in [5, 5.41) is 12.0.